The molecule has 3 aromatic carbocycles. The van der Waals surface area contributed by atoms with Crippen LogP contribution in [0.1, 0.15) is 16.7 Å². The molecule has 1 atom stereocenters. The van der Waals surface area contributed by atoms with E-state index in [9.17, 15) is 0 Å². The van der Waals surface area contributed by atoms with Gasteiger partial charge in [0.05, 0.1) is 7.11 Å². The summed E-state index contributed by atoms with van der Waals surface area (Å²) in [6.45, 7) is 2.19. The fourth-order valence-electron chi connectivity index (χ4n) is 2.71. The van der Waals surface area contributed by atoms with Gasteiger partial charge in [0, 0.05) is 6.42 Å². The second kappa shape index (κ2) is 7.44. The summed E-state index contributed by atoms with van der Waals surface area (Å²) in [6.07, 6.45) is 0.902. The molecular formula is C21H21OP. The Balaban J connectivity index is 1.91. The molecular weight excluding hydrogens is 299 g/mol. The van der Waals surface area contributed by atoms with E-state index in [4.69, 9.17) is 4.74 Å². The third-order valence-corrected chi connectivity index (χ3v) is 5.59. The minimum absolute atomic E-state index is 0.683. The Morgan fingerprint density at radius 2 is 1.35 bits per heavy atom. The van der Waals surface area contributed by atoms with Crippen LogP contribution in [0.3, 0.4) is 0 Å². The molecule has 0 fully saturated rings. The Morgan fingerprint density at radius 1 is 0.739 bits per heavy atom. The van der Waals surface area contributed by atoms with Crippen LogP contribution in [0.5, 0.6) is 5.75 Å². The third kappa shape index (κ3) is 3.81. The van der Waals surface area contributed by atoms with Crippen LogP contribution in [0.15, 0.2) is 72.8 Å². The highest BCUT2D eigenvalue weighted by Gasteiger charge is 2.08. The highest BCUT2D eigenvalue weighted by Crippen LogP contribution is 2.23. The predicted octanol–water partition coefficient (Wildman–Crippen LogP) is 4.22. The highest BCUT2D eigenvalue weighted by atomic mass is 31.1. The molecule has 0 aliphatic carbocycles. The van der Waals surface area contributed by atoms with Crippen molar-refractivity contribution in [2.75, 3.05) is 7.11 Å². The average Bonchev–Trinajstić information content (AvgIpc) is 2.59. The van der Waals surface area contributed by atoms with Crippen molar-refractivity contribution in [2.24, 2.45) is 0 Å². The predicted molar refractivity (Wildman–Crippen MR) is 101 cm³/mol. The van der Waals surface area contributed by atoms with Crippen molar-refractivity contribution in [3.8, 4) is 5.75 Å². The summed E-state index contributed by atoms with van der Waals surface area (Å²) in [5.74, 6) is 0.960. The summed E-state index contributed by atoms with van der Waals surface area (Å²) < 4.78 is 5.50. The SMILES string of the molecule is COc1ccccc1Cc1ccccc1Pc1ccccc1C. The summed E-state index contributed by atoms with van der Waals surface area (Å²) >= 11 is 0. The van der Waals surface area contributed by atoms with E-state index >= 15 is 0 Å². The van der Waals surface area contributed by atoms with Gasteiger partial charge >= 0.3 is 0 Å². The molecule has 3 rings (SSSR count). The van der Waals surface area contributed by atoms with Crippen LogP contribution in [-0.2, 0) is 6.42 Å². The molecule has 0 saturated heterocycles. The normalized spacial score (nSPS) is 11.0. The Morgan fingerprint density at radius 3 is 2.09 bits per heavy atom. The van der Waals surface area contributed by atoms with Gasteiger partial charge in [-0.1, -0.05) is 75.3 Å². The van der Waals surface area contributed by atoms with Gasteiger partial charge in [-0.2, -0.15) is 0 Å². The quantitative estimate of drug-likeness (QED) is 0.640. The van der Waals surface area contributed by atoms with Crippen LogP contribution in [0.2, 0.25) is 0 Å². The van der Waals surface area contributed by atoms with E-state index in [1.807, 2.05) is 12.1 Å². The molecule has 0 radical (unpaired) electrons. The maximum atomic E-state index is 5.50. The van der Waals surface area contributed by atoms with Gasteiger partial charge in [0.1, 0.15) is 5.75 Å². The van der Waals surface area contributed by atoms with Gasteiger partial charge in [-0.25, -0.2) is 0 Å². The second-order valence-corrected chi connectivity index (χ2v) is 6.91. The highest BCUT2D eigenvalue weighted by molar-refractivity contribution is 7.55. The maximum Gasteiger partial charge on any atom is 0.122 e. The zero-order valence-electron chi connectivity index (χ0n) is 13.5. The molecule has 0 amide bonds. The van der Waals surface area contributed by atoms with Crippen molar-refractivity contribution in [2.45, 2.75) is 13.3 Å². The van der Waals surface area contributed by atoms with Crippen molar-refractivity contribution in [3.05, 3.63) is 89.5 Å². The van der Waals surface area contributed by atoms with Crippen LogP contribution >= 0.6 is 8.58 Å². The number of rotatable bonds is 5. The first-order chi connectivity index (χ1) is 11.3. The number of ether oxygens (including phenoxy) is 1. The number of benzene rings is 3. The lowest BCUT2D eigenvalue weighted by atomic mass is 10.0. The molecule has 0 aliphatic rings. The average molecular weight is 320 g/mol. The van der Waals surface area contributed by atoms with Gasteiger partial charge in [0.15, 0.2) is 0 Å². The molecule has 0 aliphatic heterocycles. The van der Waals surface area contributed by atoms with E-state index < -0.39 is 0 Å². The topological polar surface area (TPSA) is 9.23 Å². The van der Waals surface area contributed by atoms with Crippen molar-refractivity contribution in [1.82, 2.24) is 0 Å². The van der Waals surface area contributed by atoms with E-state index in [-0.39, 0.29) is 0 Å². The molecule has 1 nitrogen and oxygen atoms in total. The molecule has 1 unspecified atom stereocenters. The van der Waals surface area contributed by atoms with Gasteiger partial charge in [-0.3, -0.25) is 0 Å². The Bertz CT molecular complexity index is 795. The molecule has 0 heterocycles. The molecule has 0 spiro atoms. The fraction of sp³-hybridized carbons (Fsp3) is 0.143. The number of hydrogen-bond donors (Lipinski definition) is 0. The number of hydrogen-bond acceptors (Lipinski definition) is 1. The third-order valence-electron chi connectivity index (χ3n) is 4.01. The van der Waals surface area contributed by atoms with Gasteiger partial charge in [-0.15, -0.1) is 0 Å². The van der Waals surface area contributed by atoms with Crippen LogP contribution in [0, 0.1) is 6.92 Å². The summed E-state index contributed by atoms with van der Waals surface area (Å²) in [4.78, 5) is 0. The van der Waals surface area contributed by atoms with E-state index in [1.54, 1.807) is 7.11 Å². The largest absolute Gasteiger partial charge is 0.496 e. The standard InChI is InChI=1S/C21H21OP/c1-16-9-3-7-13-20(16)23-21-14-8-5-11-18(21)15-17-10-4-6-12-19(17)22-2/h3-14,23H,15H2,1-2H3. The summed E-state index contributed by atoms with van der Waals surface area (Å²) in [5, 5.41) is 2.83. The number of para-hydroxylation sites is 1. The van der Waals surface area contributed by atoms with E-state index in [0.29, 0.717) is 8.58 Å². The van der Waals surface area contributed by atoms with Crippen molar-refractivity contribution in [1.29, 1.82) is 0 Å². The Labute approximate surface area is 140 Å². The molecule has 0 saturated carbocycles. The van der Waals surface area contributed by atoms with Crippen LogP contribution < -0.4 is 15.3 Å². The number of aryl methyl sites for hydroxylation is 1. The molecule has 2 heteroatoms. The lowest BCUT2D eigenvalue weighted by Crippen LogP contribution is -2.11. The first-order valence-electron chi connectivity index (χ1n) is 7.80. The van der Waals surface area contributed by atoms with E-state index in [0.717, 1.165) is 12.2 Å². The lowest BCUT2D eigenvalue weighted by molar-refractivity contribution is 0.410. The Kier molecular flexibility index (Phi) is 5.10. The van der Waals surface area contributed by atoms with Gasteiger partial charge in [-0.05, 0) is 40.3 Å². The first-order valence-corrected chi connectivity index (χ1v) is 8.80. The van der Waals surface area contributed by atoms with E-state index in [1.165, 1.54) is 27.3 Å². The van der Waals surface area contributed by atoms with Gasteiger partial charge in [0.2, 0.25) is 0 Å². The smallest absolute Gasteiger partial charge is 0.122 e. The zero-order valence-corrected chi connectivity index (χ0v) is 14.5. The lowest BCUT2D eigenvalue weighted by Gasteiger charge is -2.13. The molecule has 23 heavy (non-hydrogen) atoms. The molecule has 0 N–H and O–H groups in total. The fourth-order valence-corrected chi connectivity index (χ4v) is 3.97. The van der Waals surface area contributed by atoms with Gasteiger partial charge < -0.3 is 4.74 Å². The van der Waals surface area contributed by atoms with Crippen molar-refractivity contribution in [3.63, 3.8) is 0 Å². The zero-order chi connectivity index (χ0) is 16.1. The second-order valence-electron chi connectivity index (χ2n) is 5.59. The summed E-state index contributed by atoms with van der Waals surface area (Å²) in [6, 6.07) is 25.6. The van der Waals surface area contributed by atoms with Crippen LogP contribution in [-0.4, -0.2) is 7.11 Å². The summed E-state index contributed by atoms with van der Waals surface area (Å²) in [5.41, 5.74) is 3.97. The maximum absolute atomic E-state index is 5.50. The molecule has 116 valence electrons. The minimum Gasteiger partial charge on any atom is -0.496 e. The Hall–Kier alpha value is -2.11. The molecule has 3 aromatic rings. The molecule has 0 bridgehead atoms. The summed E-state index contributed by atoms with van der Waals surface area (Å²) in [7, 11) is 2.42. The van der Waals surface area contributed by atoms with Gasteiger partial charge in [0.25, 0.3) is 0 Å². The van der Waals surface area contributed by atoms with Crippen molar-refractivity contribution >= 4 is 19.2 Å². The monoisotopic (exact) mass is 320 g/mol. The van der Waals surface area contributed by atoms with Crippen LogP contribution in [0.4, 0.5) is 0 Å². The van der Waals surface area contributed by atoms with Crippen LogP contribution in [0.25, 0.3) is 0 Å². The first kappa shape index (κ1) is 15.8. The minimum atomic E-state index is 0.683. The molecule has 0 aromatic heterocycles. The van der Waals surface area contributed by atoms with E-state index in [2.05, 4.69) is 67.6 Å². The van der Waals surface area contributed by atoms with Crippen molar-refractivity contribution < 1.29 is 4.74 Å². The number of methoxy groups -OCH3 is 1.